The Morgan fingerprint density at radius 2 is 1.78 bits per heavy atom. The van der Waals surface area contributed by atoms with Crippen molar-refractivity contribution >= 4 is 11.8 Å². The van der Waals surface area contributed by atoms with Gasteiger partial charge in [-0.05, 0) is 42.2 Å². The number of rotatable bonds is 9. The van der Waals surface area contributed by atoms with Crippen LogP contribution in [0.25, 0.3) is 0 Å². The number of ether oxygens (including phenoxy) is 1. The molecule has 0 saturated heterocycles. The molecule has 0 atom stereocenters. The van der Waals surface area contributed by atoms with Crippen LogP contribution in [0.3, 0.4) is 0 Å². The van der Waals surface area contributed by atoms with Crippen LogP contribution < -0.4 is 10.1 Å². The quantitative estimate of drug-likeness (QED) is 0.736. The van der Waals surface area contributed by atoms with E-state index >= 15 is 0 Å². The number of methoxy groups -OCH3 is 1. The number of carbonyl (C=O) groups is 2. The van der Waals surface area contributed by atoms with Gasteiger partial charge in [-0.1, -0.05) is 30.3 Å². The second-order valence-electron chi connectivity index (χ2n) is 6.23. The van der Waals surface area contributed by atoms with Gasteiger partial charge in [0.25, 0.3) is 0 Å². The Morgan fingerprint density at radius 1 is 1.07 bits per heavy atom. The van der Waals surface area contributed by atoms with Crippen molar-refractivity contribution in [3.8, 4) is 5.75 Å². The first-order valence-corrected chi connectivity index (χ1v) is 8.88. The first-order chi connectivity index (χ1) is 13.0. The molecule has 2 aromatic carbocycles. The molecule has 2 amide bonds. The van der Waals surface area contributed by atoms with Gasteiger partial charge in [-0.3, -0.25) is 9.59 Å². The lowest BCUT2D eigenvalue weighted by Crippen LogP contribution is -2.41. The maximum atomic E-state index is 13.7. The maximum Gasteiger partial charge on any atom is 0.239 e. The van der Waals surface area contributed by atoms with E-state index < -0.39 is 0 Å². The minimum atomic E-state index is -0.301. The fourth-order valence-corrected chi connectivity index (χ4v) is 2.67. The fraction of sp³-hybridized carbons (Fsp3) is 0.333. The van der Waals surface area contributed by atoms with E-state index in [2.05, 4.69) is 5.32 Å². The van der Waals surface area contributed by atoms with Gasteiger partial charge in [0.15, 0.2) is 0 Å². The molecular weight excluding hydrogens is 347 g/mol. The number of amides is 2. The third-order valence-electron chi connectivity index (χ3n) is 4.28. The van der Waals surface area contributed by atoms with Crippen LogP contribution in [0, 0.1) is 5.82 Å². The van der Waals surface area contributed by atoms with Gasteiger partial charge in [0.1, 0.15) is 11.6 Å². The molecule has 6 heteroatoms. The Kier molecular flexibility index (Phi) is 7.79. The predicted octanol–water partition coefficient (Wildman–Crippen LogP) is 2.58. The van der Waals surface area contributed by atoms with Crippen LogP contribution in [0.4, 0.5) is 4.39 Å². The number of carbonyl (C=O) groups excluding carboxylic acids is 2. The second kappa shape index (κ2) is 10.3. The average Bonchev–Trinajstić information content (AvgIpc) is 2.66. The van der Waals surface area contributed by atoms with E-state index in [1.165, 1.54) is 17.9 Å². The van der Waals surface area contributed by atoms with Gasteiger partial charge < -0.3 is 15.0 Å². The number of hydrogen-bond acceptors (Lipinski definition) is 3. The van der Waals surface area contributed by atoms with Crippen molar-refractivity contribution in [2.24, 2.45) is 0 Å². The topological polar surface area (TPSA) is 58.6 Å². The Labute approximate surface area is 159 Å². The van der Waals surface area contributed by atoms with E-state index in [1.807, 2.05) is 24.3 Å². The van der Waals surface area contributed by atoms with Crippen molar-refractivity contribution in [3.05, 3.63) is 65.5 Å². The van der Waals surface area contributed by atoms with Gasteiger partial charge in [-0.25, -0.2) is 4.39 Å². The fourth-order valence-electron chi connectivity index (χ4n) is 2.67. The first kappa shape index (κ1) is 20.4. The third kappa shape index (κ3) is 6.73. The SMILES string of the molecule is COc1ccc(CCNC(=O)CN(CCc2ccccc2F)C(C)=O)cc1. The summed E-state index contributed by atoms with van der Waals surface area (Å²) in [6, 6.07) is 14.1. The summed E-state index contributed by atoms with van der Waals surface area (Å²) in [6.45, 7) is 2.14. The molecule has 0 spiro atoms. The molecule has 27 heavy (non-hydrogen) atoms. The molecule has 0 bridgehead atoms. The van der Waals surface area contributed by atoms with Crippen LogP contribution in [0.1, 0.15) is 18.1 Å². The summed E-state index contributed by atoms with van der Waals surface area (Å²) in [7, 11) is 1.61. The Hall–Kier alpha value is -2.89. The average molecular weight is 372 g/mol. The molecule has 0 aromatic heterocycles. The zero-order chi connectivity index (χ0) is 19.6. The highest BCUT2D eigenvalue weighted by Gasteiger charge is 2.14. The van der Waals surface area contributed by atoms with Crippen molar-refractivity contribution in [2.45, 2.75) is 19.8 Å². The van der Waals surface area contributed by atoms with E-state index in [0.717, 1.165) is 11.3 Å². The summed E-state index contributed by atoms with van der Waals surface area (Å²) in [6.07, 6.45) is 1.05. The van der Waals surface area contributed by atoms with Gasteiger partial charge in [0.05, 0.1) is 13.7 Å². The zero-order valence-electron chi connectivity index (χ0n) is 15.7. The molecule has 0 radical (unpaired) electrons. The van der Waals surface area contributed by atoms with E-state index in [0.29, 0.717) is 31.5 Å². The molecule has 0 heterocycles. The van der Waals surface area contributed by atoms with E-state index in [-0.39, 0.29) is 24.2 Å². The molecular formula is C21H25FN2O3. The zero-order valence-corrected chi connectivity index (χ0v) is 15.7. The standard InChI is InChI=1S/C21H25FN2O3/c1-16(25)24(14-12-18-5-3-4-6-20(18)22)15-21(26)23-13-11-17-7-9-19(27-2)10-8-17/h3-10H,11-15H2,1-2H3,(H,23,26). The molecule has 0 saturated carbocycles. The minimum absolute atomic E-state index is 0.0353. The largest absolute Gasteiger partial charge is 0.497 e. The van der Waals surface area contributed by atoms with Crippen molar-refractivity contribution in [3.63, 3.8) is 0 Å². The Bertz CT molecular complexity index is 762. The first-order valence-electron chi connectivity index (χ1n) is 8.88. The summed E-state index contributed by atoms with van der Waals surface area (Å²) >= 11 is 0. The number of nitrogens with one attached hydrogen (secondary N) is 1. The smallest absolute Gasteiger partial charge is 0.239 e. The van der Waals surface area contributed by atoms with Crippen molar-refractivity contribution < 1.29 is 18.7 Å². The lowest BCUT2D eigenvalue weighted by atomic mass is 10.1. The van der Waals surface area contributed by atoms with E-state index in [9.17, 15) is 14.0 Å². The van der Waals surface area contributed by atoms with Crippen LogP contribution in [0.2, 0.25) is 0 Å². The lowest BCUT2D eigenvalue weighted by Gasteiger charge is -2.20. The van der Waals surface area contributed by atoms with Gasteiger partial charge in [0.2, 0.25) is 11.8 Å². The minimum Gasteiger partial charge on any atom is -0.497 e. The van der Waals surface area contributed by atoms with Gasteiger partial charge in [-0.2, -0.15) is 0 Å². The summed E-state index contributed by atoms with van der Waals surface area (Å²) in [4.78, 5) is 25.3. The monoisotopic (exact) mass is 372 g/mol. The molecule has 144 valence electrons. The lowest BCUT2D eigenvalue weighted by molar-refractivity contribution is -0.134. The number of benzene rings is 2. The highest BCUT2D eigenvalue weighted by atomic mass is 19.1. The molecule has 0 aliphatic rings. The van der Waals surface area contributed by atoms with Crippen LogP contribution in [-0.2, 0) is 22.4 Å². The van der Waals surface area contributed by atoms with Gasteiger partial charge in [0, 0.05) is 20.0 Å². The normalized spacial score (nSPS) is 10.3. The highest BCUT2D eigenvalue weighted by Crippen LogP contribution is 2.11. The highest BCUT2D eigenvalue weighted by molar-refractivity contribution is 5.83. The molecule has 1 N–H and O–H groups in total. The summed E-state index contributed by atoms with van der Waals surface area (Å²) < 4.78 is 18.8. The second-order valence-corrected chi connectivity index (χ2v) is 6.23. The maximum absolute atomic E-state index is 13.7. The molecule has 0 aliphatic carbocycles. The van der Waals surface area contributed by atoms with Gasteiger partial charge >= 0.3 is 0 Å². The van der Waals surface area contributed by atoms with Crippen molar-refractivity contribution in [1.29, 1.82) is 0 Å². The molecule has 0 unspecified atom stereocenters. The van der Waals surface area contributed by atoms with Crippen LogP contribution in [-0.4, -0.2) is 43.5 Å². The van der Waals surface area contributed by atoms with Gasteiger partial charge in [-0.15, -0.1) is 0 Å². The molecule has 0 fully saturated rings. The third-order valence-corrected chi connectivity index (χ3v) is 4.28. The summed E-state index contributed by atoms with van der Waals surface area (Å²) in [5.41, 5.74) is 1.61. The molecule has 2 rings (SSSR count). The predicted molar refractivity (Wildman–Crippen MR) is 102 cm³/mol. The van der Waals surface area contributed by atoms with Crippen LogP contribution in [0.5, 0.6) is 5.75 Å². The summed E-state index contributed by atoms with van der Waals surface area (Å²) in [5, 5.41) is 2.82. The number of nitrogens with zero attached hydrogens (tertiary/aromatic N) is 1. The Morgan fingerprint density at radius 3 is 2.41 bits per heavy atom. The van der Waals surface area contributed by atoms with Crippen molar-refractivity contribution in [2.75, 3.05) is 26.7 Å². The van der Waals surface area contributed by atoms with Crippen LogP contribution in [0.15, 0.2) is 48.5 Å². The number of hydrogen-bond donors (Lipinski definition) is 1. The van der Waals surface area contributed by atoms with Crippen LogP contribution >= 0.6 is 0 Å². The molecule has 0 aliphatic heterocycles. The summed E-state index contributed by atoms with van der Waals surface area (Å²) in [5.74, 6) is 0.0450. The number of halogens is 1. The molecule has 5 nitrogen and oxygen atoms in total. The molecule has 2 aromatic rings. The van der Waals surface area contributed by atoms with E-state index in [1.54, 1.807) is 25.3 Å². The Balaban J connectivity index is 1.78. The van der Waals surface area contributed by atoms with Crippen molar-refractivity contribution in [1.82, 2.24) is 10.2 Å². The van der Waals surface area contributed by atoms with E-state index in [4.69, 9.17) is 4.74 Å².